The quantitative estimate of drug-likeness (QED) is 0.913. The maximum Gasteiger partial charge on any atom is 0.267 e. The minimum Gasteiger partial charge on any atom is -0.364 e. The third-order valence-corrected chi connectivity index (χ3v) is 4.34. The van der Waals surface area contributed by atoms with E-state index in [-0.39, 0.29) is 0 Å². The molecule has 0 fully saturated rings. The van der Waals surface area contributed by atoms with Crippen molar-refractivity contribution in [2.45, 2.75) is 25.4 Å². The Morgan fingerprint density at radius 1 is 1.37 bits per heavy atom. The molecule has 0 saturated carbocycles. The molecule has 0 radical (unpaired) electrons. The standard InChI is InChI=1S/C14H15N3OS/c1-8-3-4-12(9(2)5-8)17-13(14(15)18)10-6-19-7-11(10)16-17/h3-5H,6-7H2,1-2H3,(H2,15,18). The monoisotopic (exact) mass is 273 g/mol. The minimum atomic E-state index is -0.406. The Balaban J connectivity index is 2.23. The minimum absolute atomic E-state index is 0.406. The van der Waals surface area contributed by atoms with Crippen LogP contribution in [-0.2, 0) is 11.5 Å². The number of carbonyl (C=O) groups excluding carboxylic acids is 1. The molecule has 98 valence electrons. The number of primary amides is 1. The molecule has 0 unspecified atom stereocenters. The average Bonchev–Trinajstić information content (AvgIpc) is 2.87. The summed E-state index contributed by atoms with van der Waals surface area (Å²) in [6, 6.07) is 6.10. The molecule has 1 aromatic carbocycles. The van der Waals surface area contributed by atoms with Crippen LogP contribution in [0.25, 0.3) is 5.69 Å². The van der Waals surface area contributed by atoms with Gasteiger partial charge in [-0.15, -0.1) is 0 Å². The molecular formula is C14H15N3OS. The fourth-order valence-corrected chi connectivity index (χ4v) is 3.52. The summed E-state index contributed by atoms with van der Waals surface area (Å²) in [5.74, 6) is 1.27. The Hall–Kier alpha value is -1.75. The van der Waals surface area contributed by atoms with Gasteiger partial charge in [-0.25, -0.2) is 4.68 Å². The summed E-state index contributed by atoms with van der Waals surface area (Å²) >= 11 is 1.77. The van der Waals surface area contributed by atoms with E-state index in [2.05, 4.69) is 11.2 Å². The van der Waals surface area contributed by atoms with E-state index in [4.69, 9.17) is 5.73 Å². The summed E-state index contributed by atoms with van der Waals surface area (Å²) in [7, 11) is 0. The number of aryl methyl sites for hydroxylation is 2. The van der Waals surface area contributed by atoms with Gasteiger partial charge in [0.15, 0.2) is 0 Å². The van der Waals surface area contributed by atoms with Gasteiger partial charge < -0.3 is 5.73 Å². The zero-order valence-electron chi connectivity index (χ0n) is 10.9. The summed E-state index contributed by atoms with van der Waals surface area (Å²) < 4.78 is 1.71. The molecule has 2 aromatic rings. The maximum atomic E-state index is 11.7. The number of thioether (sulfide) groups is 1. The lowest BCUT2D eigenvalue weighted by molar-refractivity contribution is 0.0992. The second-order valence-electron chi connectivity index (χ2n) is 4.83. The van der Waals surface area contributed by atoms with Crippen LogP contribution in [0.2, 0.25) is 0 Å². The molecule has 1 amide bonds. The van der Waals surface area contributed by atoms with E-state index in [9.17, 15) is 4.79 Å². The molecule has 4 nitrogen and oxygen atoms in total. The van der Waals surface area contributed by atoms with E-state index in [0.717, 1.165) is 34.0 Å². The summed E-state index contributed by atoms with van der Waals surface area (Å²) in [6.07, 6.45) is 0. The van der Waals surface area contributed by atoms with Crippen LogP contribution in [0, 0.1) is 13.8 Å². The largest absolute Gasteiger partial charge is 0.364 e. The van der Waals surface area contributed by atoms with Crippen molar-refractivity contribution in [1.82, 2.24) is 9.78 Å². The van der Waals surface area contributed by atoms with E-state index in [1.807, 2.05) is 26.0 Å². The molecule has 0 aliphatic carbocycles. The number of aromatic nitrogens is 2. The molecule has 1 aliphatic rings. The van der Waals surface area contributed by atoms with E-state index in [0.29, 0.717) is 5.69 Å². The van der Waals surface area contributed by atoms with Gasteiger partial charge in [0.05, 0.1) is 11.4 Å². The van der Waals surface area contributed by atoms with Crippen molar-refractivity contribution in [3.8, 4) is 5.69 Å². The van der Waals surface area contributed by atoms with Crippen molar-refractivity contribution in [2.24, 2.45) is 5.73 Å². The van der Waals surface area contributed by atoms with Crippen molar-refractivity contribution in [3.63, 3.8) is 0 Å². The zero-order valence-corrected chi connectivity index (χ0v) is 11.8. The lowest BCUT2D eigenvalue weighted by atomic mass is 10.1. The first-order valence-electron chi connectivity index (χ1n) is 6.14. The molecule has 0 spiro atoms. The van der Waals surface area contributed by atoms with Crippen LogP contribution in [0.1, 0.15) is 32.9 Å². The van der Waals surface area contributed by atoms with Gasteiger partial charge in [0.2, 0.25) is 0 Å². The predicted molar refractivity (Wildman–Crippen MR) is 76.6 cm³/mol. The first-order valence-corrected chi connectivity index (χ1v) is 7.29. The van der Waals surface area contributed by atoms with E-state index >= 15 is 0 Å². The summed E-state index contributed by atoms with van der Waals surface area (Å²) in [5.41, 5.74) is 11.3. The van der Waals surface area contributed by atoms with Crippen molar-refractivity contribution >= 4 is 17.7 Å². The fraction of sp³-hybridized carbons (Fsp3) is 0.286. The Morgan fingerprint density at radius 3 is 2.84 bits per heavy atom. The topological polar surface area (TPSA) is 60.9 Å². The third kappa shape index (κ3) is 1.94. The molecule has 0 saturated heterocycles. The van der Waals surface area contributed by atoms with Crippen molar-refractivity contribution in [3.05, 3.63) is 46.3 Å². The molecule has 0 atom stereocenters. The van der Waals surface area contributed by atoms with Gasteiger partial charge >= 0.3 is 0 Å². The summed E-state index contributed by atoms with van der Waals surface area (Å²) in [6.45, 7) is 4.07. The highest BCUT2D eigenvalue weighted by molar-refractivity contribution is 7.98. The van der Waals surface area contributed by atoms with Crippen LogP contribution in [0.5, 0.6) is 0 Å². The SMILES string of the molecule is Cc1ccc(-n2nc3c(c2C(N)=O)CSC3)c(C)c1. The number of carbonyl (C=O) groups is 1. The molecule has 2 N–H and O–H groups in total. The van der Waals surface area contributed by atoms with Crippen molar-refractivity contribution in [2.75, 3.05) is 0 Å². The molecule has 1 aromatic heterocycles. The highest BCUT2D eigenvalue weighted by Crippen LogP contribution is 2.33. The van der Waals surface area contributed by atoms with Crippen LogP contribution in [0.3, 0.4) is 0 Å². The number of hydrogen-bond donors (Lipinski definition) is 1. The lowest BCUT2D eigenvalue weighted by Crippen LogP contribution is -2.18. The van der Waals surface area contributed by atoms with Crippen LogP contribution >= 0.6 is 11.8 Å². The number of nitrogens with two attached hydrogens (primary N) is 1. The van der Waals surface area contributed by atoms with Crippen molar-refractivity contribution in [1.29, 1.82) is 0 Å². The maximum absolute atomic E-state index is 11.7. The van der Waals surface area contributed by atoms with E-state index in [1.165, 1.54) is 5.56 Å². The average molecular weight is 273 g/mol. The summed E-state index contributed by atoms with van der Waals surface area (Å²) in [4.78, 5) is 11.7. The van der Waals surface area contributed by atoms with Gasteiger partial charge in [0.25, 0.3) is 5.91 Å². The number of hydrogen-bond acceptors (Lipinski definition) is 3. The fourth-order valence-electron chi connectivity index (χ4n) is 2.48. The first kappa shape index (κ1) is 12.3. The second kappa shape index (κ2) is 4.42. The van der Waals surface area contributed by atoms with Crippen LogP contribution in [0.4, 0.5) is 0 Å². The van der Waals surface area contributed by atoms with E-state index < -0.39 is 5.91 Å². The molecule has 5 heteroatoms. The molecule has 0 bridgehead atoms. The van der Waals surface area contributed by atoms with Crippen LogP contribution in [0.15, 0.2) is 18.2 Å². The normalized spacial score (nSPS) is 13.6. The second-order valence-corrected chi connectivity index (χ2v) is 5.82. The van der Waals surface area contributed by atoms with Gasteiger partial charge in [0, 0.05) is 17.1 Å². The molecule has 3 rings (SSSR count). The molecule has 1 aliphatic heterocycles. The third-order valence-electron chi connectivity index (χ3n) is 3.37. The van der Waals surface area contributed by atoms with Gasteiger partial charge in [-0.05, 0) is 25.5 Å². The summed E-state index contributed by atoms with van der Waals surface area (Å²) in [5, 5.41) is 4.57. The van der Waals surface area contributed by atoms with Crippen LogP contribution in [-0.4, -0.2) is 15.7 Å². The smallest absolute Gasteiger partial charge is 0.267 e. The zero-order chi connectivity index (χ0) is 13.6. The molecular weight excluding hydrogens is 258 g/mol. The van der Waals surface area contributed by atoms with E-state index in [1.54, 1.807) is 16.4 Å². The van der Waals surface area contributed by atoms with Crippen LogP contribution < -0.4 is 5.73 Å². The Labute approximate surface area is 116 Å². The number of benzene rings is 1. The lowest BCUT2D eigenvalue weighted by Gasteiger charge is -2.10. The number of fused-ring (bicyclic) bond motifs is 1. The Morgan fingerprint density at radius 2 is 2.16 bits per heavy atom. The Bertz CT molecular complexity index is 676. The molecule has 19 heavy (non-hydrogen) atoms. The van der Waals surface area contributed by atoms with Gasteiger partial charge in [-0.1, -0.05) is 17.7 Å². The first-order chi connectivity index (χ1) is 9.08. The molecule has 2 heterocycles. The van der Waals surface area contributed by atoms with Crippen molar-refractivity contribution < 1.29 is 4.79 Å². The highest BCUT2D eigenvalue weighted by atomic mass is 32.2. The number of nitrogens with zero attached hydrogens (tertiary/aromatic N) is 2. The Kier molecular flexibility index (Phi) is 2.86. The number of amides is 1. The van der Waals surface area contributed by atoms with Gasteiger partial charge in [-0.3, -0.25) is 4.79 Å². The highest BCUT2D eigenvalue weighted by Gasteiger charge is 2.26. The van der Waals surface area contributed by atoms with Gasteiger partial charge in [0.1, 0.15) is 5.69 Å². The number of rotatable bonds is 2. The predicted octanol–water partition coefficient (Wildman–Crippen LogP) is 2.33. The van der Waals surface area contributed by atoms with Gasteiger partial charge in [-0.2, -0.15) is 16.9 Å².